The van der Waals surface area contributed by atoms with Crippen molar-refractivity contribution in [1.82, 2.24) is 15.5 Å². The van der Waals surface area contributed by atoms with E-state index < -0.39 is 0 Å². The summed E-state index contributed by atoms with van der Waals surface area (Å²) in [6.07, 6.45) is 5.89. The summed E-state index contributed by atoms with van der Waals surface area (Å²) in [4.78, 5) is 11.4. The standard InChI is InChI=1S/C21H29N5O.HI/c1-15(2)19-24-18(27-25-19)10-13-23-20(22-3)26-14-21(11-6-7-12-21)16-8-4-5-9-17(16)26;/h4-5,8-9,15H,6-7,10-14H2,1-3H3,(H,22,23);1H. The number of aromatic nitrogens is 2. The van der Waals surface area contributed by atoms with Crippen LogP contribution in [-0.2, 0) is 11.8 Å². The van der Waals surface area contributed by atoms with E-state index >= 15 is 0 Å². The molecule has 0 bridgehead atoms. The molecule has 152 valence electrons. The highest BCUT2D eigenvalue weighted by Gasteiger charge is 2.45. The monoisotopic (exact) mass is 495 g/mol. The van der Waals surface area contributed by atoms with Gasteiger partial charge in [0, 0.05) is 43.6 Å². The second kappa shape index (κ2) is 8.80. The molecule has 0 saturated heterocycles. The number of aliphatic imine (C=N–C) groups is 1. The van der Waals surface area contributed by atoms with E-state index in [2.05, 4.69) is 63.5 Å². The summed E-state index contributed by atoms with van der Waals surface area (Å²) >= 11 is 0. The van der Waals surface area contributed by atoms with Gasteiger partial charge in [-0.2, -0.15) is 4.98 Å². The first-order valence-corrected chi connectivity index (χ1v) is 10.0. The molecule has 0 amide bonds. The smallest absolute Gasteiger partial charge is 0.228 e. The maximum atomic E-state index is 5.34. The van der Waals surface area contributed by atoms with Gasteiger partial charge in [0.15, 0.2) is 11.8 Å². The minimum Gasteiger partial charge on any atom is -0.355 e. The SMILES string of the molecule is CN=C(NCCc1nc(C(C)C)no1)N1CC2(CCCC2)c2ccccc21.I. The summed E-state index contributed by atoms with van der Waals surface area (Å²) in [6.45, 7) is 5.87. The molecule has 0 atom stereocenters. The van der Waals surface area contributed by atoms with Crippen molar-refractivity contribution in [2.75, 3.05) is 25.0 Å². The first-order valence-electron chi connectivity index (χ1n) is 10.0. The molecular formula is C21H30IN5O. The summed E-state index contributed by atoms with van der Waals surface area (Å²) in [7, 11) is 1.86. The van der Waals surface area contributed by atoms with E-state index in [1.807, 2.05) is 7.05 Å². The Balaban J connectivity index is 0.00000225. The van der Waals surface area contributed by atoms with Crippen LogP contribution in [0, 0.1) is 0 Å². The highest BCUT2D eigenvalue weighted by molar-refractivity contribution is 14.0. The van der Waals surface area contributed by atoms with Crippen LogP contribution in [-0.4, -0.2) is 36.2 Å². The third-order valence-electron chi connectivity index (χ3n) is 5.88. The number of hydrogen-bond donors (Lipinski definition) is 1. The number of para-hydroxylation sites is 1. The Morgan fingerprint density at radius 3 is 2.71 bits per heavy atom. The minimum atomic E-state index is 0. The lowest BCUT2D eigenvalue weighted by Gasteiger charge is -2.26. The number of nitrogens with one attached hydrogen (secondary N) is 1. The maximum absolute atomic E-state index is 5.34. The fraction of sp³-hybridized carbons (Fsp3) is 0.571. The highest BCUT2D eigenvalue weighted by Crippen LogP contribution is 2.50. The van der Waals surface area contributed by atoms with Gasteiger partial charge in [-0.05, 0) is 24.5 Å². The zero-order chi connectivity index (χ0) is 18.9. The van der Waals surface area contributed by atoms with Gasteiger partial charge < -0.3 is 14.7 Å². The summed E-state index contributed by atoms with van der Waals surface area (Å²) < 4.78 is 5.34. The van der Waals surface area contributed by atoms with Crippen LogP contribution in [0.2, 0.25) is 0 Å². The van der Waals surface area contributed by atoms with Crippen LogP contribution in [0.3, 0.4) is 0 Å². The topological polar surface area (TPSA) is 66.5 Å². The lowest BCUT2D eigenvalue weighted by Crippen LogP contribution is -2.44. The fourth-order valence-electron chi connectivity index (χ4n) is 4.48. The van der Waals surface area contributed by atoms with E-state index in [-0.39, 0.29) is 29.9 Å². The second-order valence-corrected chi connectivity index (χ2v) is 8.02. The molecule has 1 aliphatic heterocycles. The molecule has 4 rings (SSSR count). The summed E-state index contributed by atoms with van der Waals surface area (Å²) in [5, 5.41) is 7.53. The summed E-state index contributed by atoms with van der Waals surface area (Å²) in [6, 6.07) is 8.82. The van der Waals surface area contributed by atoms with Gasteiger partial charge in [0.2, 0.25) is 5.89 Å². The van der Waals surface area contributed by atoms with Crippen molar-refractivity contribution >= 4 is 35.6 Å². The van der Waals surface area contributed by atoms with Crippen LogP contribution < -0.4 is 10.2 Å². The van der Waals surface area contributed by atoms with Crippen molar-refractivity contribution in [3.63, 3.8) is 0 Å². The van der Waals surface area contributed by atoms with Crippen LogP contribution >= 0.6 is 24.0 Å². The Bertz CT molecular complexity index is 826. The number of halogens is 1. The van der Waals surface area contributed by atoms with E-state index in [4.69, 9.17) is 4.52 Å². The van der Waals surface area contributed by atoms with Gasteiger partial charge in [-0.3, -0.25) is 4.99 Å². The Kier molecular flexibility index (Phi) is 6.62. The van der Waals surface area contributed by atoms with Crippen LogP contribution in [0.4, 0.5) is 5.69 Å². The van der Waals surface area contributed by atoms with Crippen molar-refractivity contribution in [1.29, 1.82) is 0 Å². The molecule has 0 unspecified atom stereocenters. The van der Waals surface area contributed by atoms with E-state index in [9.17, 15) is 0 Å². The number of benzene rings is 1. The minimum absolute atomic E-state index is 0. The Labute approximate surface area is 184 Å². The van der Waals surface area contributed by atoms with Crippen LogP contribution in [0.15, 0.2) is 33.8 Å². The molecule has 1 saturated carbocycles. The fourth-order valence-corrected chi connectivity index (χ4v) is 4.48. The number of nitrogens with zero attached hydrogens (tertiary/aromatic N) is 4. The molecule has 0 radical (unpaired) electrons. The van der Waals surface area contributed by atoms with Crippen molar-refractivity contribution in [2.45, 2.75) is 57.3 Å². The molecule has 1 fully saturated rings. The van der Waals surface area contributed by atoms with Gasteiger partial charge in [0.1, 0.15) is 0 Å². The molecular weight excluding hydrogens is 465 g/mol. The van der Waals surface area contributed by atoms with Crippen molar-refractivity contribution in [2.24, 2.45) is 4.99 Å². The quantitative estimate of drug-likeness (QED) is 0.390. The Morgan fingerprint density at radius 2 is 2.04 bits per heavy atom. The first kappa shape index (κ1) is 21.1. The molecule has 1 aromatic carbocycles. The van der Waals surface area contributed by atoms with E-state index in [1.54, 1.807) is 0 Å². The summed E-state index contributed by atoms with van der Waals surface area (Å²) in [5.74, 6) is 2.66. The second-order valence-electron chi connectivity index (χ2n) is 8.02. The molecule has 2 heterocycles. The van der Waals surface area contributed by atoms with Crippen molar-refractivity contribution < 1.29 is 4.52 Å². The third-order valence-corrected chi connectivity index (χ3v) is 5.88. The predicted molar refractivity (Wildman–Crippen MR) is 123 cm³/mol. The average Bonchev–Trinajstić information content (AvgIpc) is 3.40. The lowest BCUT2D eigenvalue weighted by atomic mass is 9.81. The molecule has 1 N–H and O–H groups in total. The Morgan fingerprint density at radius 1 is 1.29 bits per heavy atom. The summed E-state index contributed by atoms with van der Waals surface area (Å²) in [5.41, 5.74) is 3.09. The van der Waals surface area contributed by atoms with E-state index in [0.29, 0.717) is 17.7 Å². The molecule has 28 heavy (non-hydrogen) atoms. The zero-order valence-corrected chi connectivity index (χ0v) is 19.3. The number of fused-ring (bicyclic) bond motifs is 2. The van der Waals surface area contributed by atoms with E-state index in [1.165, 1.54) is 36.9 Å². The van der Waals surface area contributed by atoms with Gasteiger partial charge in [0.25, 0.3) is 0 Å². The highest BCUT2D eigenvalue weighted by atomic mass is 127. The van der Waals surface area contributed by atoms with Gasteiger partial charge in [-0.1, -0.05) is 50.0 Å². The molecule has 6 nitrogen and oxygen atoms in total. The molecule has 2 aromatic rings. The van der Waals surface area contributed by atoms with Gasteiger partial charge >= 0.3 is 0 Å². The number of hydrogen-bond acceptors (Lipinski definition) is 4. The average molecular weight is 495 g/mol. The zero-order valence-electron chi connectivity index (χ0n) is 16.9. The molecule has 1 aliphatic carbocycles. The largest absolute Gasteiger partial charge is 0.355 e. The normalized spacial score (nSPS) is 17.9. The molecule has 1 aromatic heterocycles. The van der Waals surface area contributed by atoms with Crippen molar-refractivity contribution in [3.8, 4) is 0 Å². The number of anilines is 1. The predicted octanol–water partition coefficient (Wildman–Crippen LogP) is 4.26. The maximum Gasteiger partial charge on any atom is 0.228 e. The molecule has 2 aliphatic rings. The van der Waals surface area contributed by atoms with Gasteiger partial charge in [-0.25, -0.2) is 0 Å². The Hall–Kier alpha value is -1.64. The third kappa shape index (κ3) is 3.90. The van der Waals surface area contributed by atoms with Gasteiger partial charge in [0.05, 0.1) is 0 Å². The van der Waals surface area contributed by atoms with Gasteiger partial charge in [-0.15, -0.1) is 24.0 Å². The van der Waals surface area contributed by atoms with Crippen LogP contribution in [0.5, 0.6) is 0 Å². The van der Waals surface area contributed by atoms with E-state index in [0.717, 1.165) is 24.9 Å². The van der Waals surface area contributed by atoms with Crippen LogP contribution in [0.1, 0.15) is 62.7 Å². The lowest BCUT2D eigenvalue weighted by molar-refractivity contribution is 0.371. The van der Waals surface area contributed by atoms with Crippen molar-refractivity contribution in [3.05, 3.63) is 41.5 Å². The number of guanidine groups is 1. The molecule has 7 heteroatoms. The van der Waals surface area contributed by atoms with Crippen LogP contribution in [0.25, 0.3) is 0 Å². The molecule has 1 spiro atoms. The number of rotatable bonds is 4. The first-order chi connectivity index (χ1) is 13.1.